The predicted molar refractivity (Wildman–Crippen MR) is 80.3 cm³/mol. The van der Waals surface area contributed by atoms with E-state index in [-0.39, 0.29) is 5.97 Å². The van der Waals surface area contributed by atoms with Crippen molar-refractivity contribution in [3.05, 3.63) is 26.8 Å². The molecule has 0 aliphatic carbocycles. The molecule has 98 valence electrons. The highest BCUT2D eigenvalue weighted by Gasteiger charge is 2.17. The standard InChI is InChI=1S/C13H17IN2O2/c1-9-11(14)7-10(13(17)18-2)8-12(9)16-5-3-15-4-6-16/h7-8,15H,3-6H2,1-2H3. The minimum Gasteiger partial charge on any atom is -0.465 e. The fraction of sp³-hybridized carbons (Fsp3) is 0.462. The summed E-state index contributed by atoms with van der Waals surface area (Å²) in [6.07, 6.45) is 0. The molecule has 1 aromatic rings. The van der Waals surface area contributed by atoms with E-state index in [0.29, 0.717) is 5.56 Å². The maximum Gasteiger partial charge on any atom is 0.337 e. The third kappa shape index (κ3) is 2.77. The smallest absolute Gasteiger partial charge is 0.337 e. The minimum absolute atomic E-state index is 0.274. The second-order valence-electron chi connectivity index (χ2n) is 4.33. The number of anilines is 1. The third-order valence-electron chi connectivity index (χ3n) is 3.20. The van der Waals surface area contributed by atoms with Crippen molar-refractivity contribution in [3.63, 3.8) is 0 Å². The van der Waals surface area contributed by atoms with Crippen molar-refractivity contribution in [1.29, 1.82) is 0 Å². The molecule has 2 rings (SSSR count). The maximum atomic E-state index is 11.7. The van der Waals surface area contributed by atoms with E-state index in [2.05, 4.69) is 39.7 Å². The SMILES string of the molecule is COC(=O)c1cc(I)c(C)c(N2CCNCC2)c1. The quantitative estimate of drug-likeness (QED) is 0.645. The van der Waals surface area contributed by atoms with E-state index in [1.807, 2.05) is 12.1 Å². The Balaban J connectivity index is 2.38. The van der Waals surface area contributed by atoms with Crippen molar-refractivity contribution in [1.82, 2.24) is 5.32 Å². The van der Waals surface area contributed by atoms with Gasteiger partial charge >= 0.3 is 5.97 Å². The summed E-state index contributed by atoms with van der Waals surface area (Å²) in [6, 6.07) is 3.82. The van der Waals surface area contributed by atoms with Gasteiger partial charge < -0.3 is 15.0 Å². The average molecular weight is 360 g/mol. The molecule has 1 heterocycles. The second-order valence-corrected chi connectivity index (χ2v) is 5.49. The Morgan fingerprint density at radius 3 is 2.67 bits per heavy atom. The lowest BCUT2D eigenvalue weighted by molar-refractivity contribution is 0.0600. The number of halogens is 1. The fourth-order valence-corrected chi connectivity index (χ4v) is 2.75. The van der Waals surface area contributed by atoms with Crippen molar-refractivity contribution in [2.75, 3.05) is 38.2 Å². The summed E-state index contributed by atoms with van der Waals surface area (Å²) in [5, 5.41) is 3.33. The zero-order chi connectivity index (χ0) is 13.1. The molecule has 0 amide bonds. The van der Waals surface area contributed by atoms with Crippen LogP contribution in [-0.2, 0) is 4.74 Å². The highest BCUT2D eigenvalue weighted by Crippen LogP contribution is 2.27. The number of nitrogens with one attached hydrogen (secondary N) is 1. The van der Waals surface area contributed by atoms with Gasteiger partial charge in [-0.1, -0.05) is 0 Å². The van der Waals surface area contributed by atoms with E-state index in [9.17, 15) is 4.79 Å². The summed E-state index contributed by atoms with van der Waals surface area (Å²) in [5.74, 6) is -0.274. The first kappa shape index (κ1) is 13.6. The van der Waals surface area contributed by atoms with Crippen LogP contribution in [0.2, 0.25) is 0 Å². The number of nitrogens with zero attached hydrogens (tertiary/aromatic N) is 1. The first-order valence-corrected chi connectivity index (χ1v) is 7.05. The van der Waals surface area contributed by atoms with Crippen LogP contribution < -0.4 is 10.2 Å². The van der Waals surface area contributed by atoms with Crippen LogP contribution in [0, 0.1) is 10.5 Å². The highest BCUT2D eigenvalue weighted by atomic mass is 127. The van der Waals surface area contributed by atoms with Crippen LogP contribution >= 0.6 is 22.6 Å². The van der Waals surface area contributed by atoms with Gasteiger partial charge in [0.1, 0.15) is 0 Å². The van der Waals surface area contributed by atoms with Crippen LogP contribution in [0.1, 0.15) is 15.9 Å². The van der Waals surface area contributed by atoms with Gasteiger partial charge in [-0.3, -0.25) is 0 Å². The molecule has 0 radical (unpaired) electrons. The van der Waals surface area contributed by atoms with Gasteiger partial charge in [-0.25, -0.2) is 4.79 Å². The van der Waals surface area contributed by atoms with Crippen molar-refractivity contribution in [2.45, 2.75) is 6.92 Å². The lowest BCUT2D eigenvalue weighted by atomic mass is 10.1. The zero-order valence-electron chi connectivity index (χ0n) is 10.6. The van der Waals surface area contributed by atoms with Gasteiger partial charge in [-0.15, -0.1) is 0 Å². The Morgan fingerprint density at radius 2 is 2.06 bits per heavy atom. The van der Waals surface area contributed by atoms with Crippen LogP contribution in [0.3, 0.4) is 0 Å². The molecule has 5 heteroatoms. The number of carbonyl (C=O) groups excluding carboxylic acids is 1. The minimum atomic E-state index is -0.274. The van der Waals surface area contributed by atoms with Crippen LogP contribution in [0.25, 0.3) is 0 Å². The summed E-state index contributed by atoms with van der Waals surface area (Å²) < 4.78 is 5.90. The zero-order valence-corrected chi connectivity index (χ0v) is 12.8. The normalized spacial score (nSPS) is 15.6. The molecule has 1 saturated heterocycles. The second kappa shape index (κ2) is 5.88. The Bertz CT molecular complexity index is 457. The number of methoxy groups -OCH3 is 1. The van der Waals surface area contributed by atoms with E-state index >= 15 is 0 Å². The number of rotatable bonds is 2. The van der Waals surface area contributed by atoms with Crippen LogP contribution in [-0.4, -0.2) is 39.3 Å². The van der Waals surface area contributed by atoms with Crippen molar-refractivity contribution >= 4 is 34.2 Å². The number of hydrogen-bond acceptors (Lipinski definition) is 4. The molecule has 18 heavy (non-hydrogen) atoms. The van der Waals surface area contributed by atoms with Crippen molar-refractivity contribution in [2.24, 2.45) is 0 Å². The first-order valence-electron chi connectivity index (χ1n) is 5.97. The van der Waals surface area contributed by atoms with Crippen LogP contribution in [0.5, 0.6) is 0 Å². The number of hydrogen-bond donors (Lipinski definition) is 1. The van der Waals surface area contributed by atoms with Gasteiger partial charge in [0, 0.05) is 35.4 Å². The molecule has 1 aromatic carbocycles. The van der Waals surface area contributed by atoms with E-state index in [4.69, 9.17) is 4.74 Å². The molecule has 1 aliphatic heterocycles. The number of ether oxygens (including phenoxy) is 1. The van der Waals surface area contributed by atoms with E-state index in [0.717, 1.165) is 35.4 Å². The van der Waals surface area contributed by atoms with Gasteiger partial charge in [0.25, 0.3) is 0 Å². The molecular weight excluding hydrogens is 343 g/mol. The largest absolute Gasteiger partial charge is 0.465 e. The predicted octanol–water partition coefficient (Wildman–Crippen LogP) is 1.80. The topological polar surface area (TPSA) is 41.6 Å². The number of esters is 1. The Hall–Kier alpha value is -0.820. The number of benzene rings is 1. The summed E-state index contributed by atoms with van der Waals surface area (Å²) in [5.41, 5.74) is 3.00. The van der Waals surface area contributed by atoms with Crippen molar-refractivity contribution in [3.8, 4) is 0 Å². The van der Waals surface area contributed by atoms with Crippen LogP contribution in [0.4, 0.5) is 5.69 Å². The summed E-state index contributed by atoms with van der Waals surface area (Å²) in [7, 11) is 1.42. The van der Waals surface area contributed by atoms with E-state index in [1.165, 1.54) is 12.7 Å². The number of piperazine rings is 1. The lowest BCUT2D eigenvalue weighted by Crippen LogP contribution is -2.43. The summed E-state index contributed by atoms with van der Waals surface area (Å²) >= 11 is 2.27. The van der Waals surface area contributed by atoms with Crippen molar-refractivity contribution < 1.29 is 9.53 Å². The summed E-state index contributed by atoms with van der Waals surface area (Å²) in [4.78, 5) is 14.0. The Labute approximate surface area is 121 Å². The molecule has 1 aliphatic rings. The molecule has 0 bridgehead atoms. The maximum absolute atomic E-state index is 11.7. The molecule has 0 saturated carbocycles. The molecule has 0 aromatic heterocycles. The third-order valence-corrected chi connectivity index (χ3v) is 4.32. The molecule has 1 N–H and O–H groups in total. The average Bonchev–Trinajstić information content (AvgIpc) is 2.41. The summed E-state index contributed by atoms with van der Waals surface area (Å²) in [6.45, 7) is 6.01. The highest BCUT2D eigenvalue weighted by molar-refractivity contribution is 14.1. The monoisotopic (exact) mass is 360 g/mol. The molecule has 0 unspecified atom stereocenters. The molecular formula is C13H17IN2O2. The van der Waals surface area contributed by atoms with Gasteiger partial charge in [0.15, 0.2) is 0 Å². The lowest BCUT2D eigenvalue weighted by Gasteiger charge is -2.31. The van der Waals surface area contributed by atoms with Gasteiger partial charge in [-0.05, 0) is 47.2 Å². The van der Waals surface area contributed by atoms with Gasteiger partial charge in [-0.2, -0.15) is 0 Å². The van der Waals surface area contributed by atoms with Gasteiger partial charge in [0.2, 0.25) is 0 Å². The van der Waals surface area contributed by atoms with Crippen LogP contribution in [0.15, 0.2) is 12.1 Å². The first-order chi connectivity index (χ1) is 8.63. The molecule has 4 nitrogen and oxygen atoms in total. The van der Waals surface area contributed by atoms with Gasteiger partial charge in [0.05, 0.1) is 12.7 Å². The number of carbonyl (C=O) groups is 1. The van der Waals surface area contributed by atoms with E-state index < -0.39 is 0 Å². The molecule has 0 atom stereocenters. The fourth-order valence-electron chi connectivity index (χ4n) is 2.13. The molecule has 1 fully saturated rings. The Morgan fingerprint density at radius 1 is 1.39 bits per heavy atom. The molecule has 0 spiro atoms. The Kier molecular flexibility index (Phi) is 4.45. The van der Waals surface area contributed by atoms with E-state index in [1.54, 1.807) is 0 Å².